The number of carbonyl (C=O) groups excluding carboxylic acids is 1. The summed E-state index contributed by atoms with van der Waals surface area (Å²) < 4.78 is 5.95. The van der Waals surface area contributed by atoms with Crippen molar-refractivity contribution in [2.45, 2.75) is 77.7 Å². The highest BCUT2D eigenvalue weighted by molar-refractivity contribution is 5.80. The van der Waals surface area contributed by atoms with Crippen molar-refractivity contribution in [3.63, 3.8) is 0 Å². The van der Waals surface area contributed by atoms with Gasteiger partial charge in [-0.1, -0.05) is 13.8 Å². The molecule has 2 rings (SSSR count). The average Bonchev–Trinajstić information content (AvgIpc) is 2.63. The lowest BCUT2D eigenvalue weighted by molar-refractivity contribution is -0.123. The molecule has 2 aliphatic rings. The lowest BCUT2D eigenvalue weighted by Crippen LogP contribution is -2.40. The Kier molecular flexibility index (Phi) is 8.84. The molecule has 136 valence electrons. The molecule has 0 unspecified atom stereocenters. The number of Topliss-reactive ketones (excluding diaryl/α,β-unsaturated/α-hetero) is 1. The molecule has 0 N–H and O–H groups in total. The largest absolute Gasteiger partial charge is 0.377 e. The van der Waals surface area contributed by atoms with Crippen molar-refractivity contribution in [1.82, 2.24) is 4.90 Å². The molecule has 1 aliphatic heterocycles. The van der Waals surface area contributed by atoms with Crippen LogP contribution in [0.25, 0.3) is 0 Å². The molecule has 3 heteroatoms. The van der Waals surface area contributed by atoms with Crippen LogP contribution in [0.5, 0.6) is 0 Å². The van der Waals surface area contributed by atoms with Crippen molar-refractivity contribution >= 4 is 5.78 Å². The first-order valence-corrected chi connectivity index (χ1v) is 10.0. The molecule has 0 aromatic rings. The lowest BCUT2D eigenvalue weighted by Gasteiger charge is -2.36. The molecule has 24 heavy (non-hydrogen) atoms. The van der Waals surface area contributed by atoms with E-state index in [1.165, 1.54) is 32.5 Å². The summed E-state index contributed by atoms with van der Waals surface area (Å²) in [5.41, 5.74) is 0. The molecule has 0 aromatic heterocycles. The zero-order chi connectivity index (χ0) is 17.2. The second kappa shape index (κ2) is 10.9. The van der Waals surface area contributed by atoms with E-state index in [-0.39, 0.29) is 0 Å². The van der Waals surface area contributed by atoms with Crippen molar-refractivity contribution in [3.8, 4) is 11.8 Å². The highest BCUT2D eigenvalue weighted by Crippen LogP contribution is 2.31. The molecule has 0 amide bonds. The number of ether oxygens (including phenoxy) is 1. The summed E-state index contributed by atoms with van der Waals surface area (Å²) in [6, 6.07) is 0. The van der Waals surface area contributed by atoms with Crippen LogP contribution in [0.4, 0.5) is 0 Å². The van der Waals surface area contributed by atoms with Crippen LogP contribution < -0.4 is 0 Å². The van der Waals surface area contributed by atoms with E-state index in [0.29, 0.717) is 24.2 Å². The fourth-order valence-corrected chi connectivity index (χ4v) is 4.07. The van der Waals surface area contributed by atoms with Gasteiger partial charge < -0.3 is 9.64 Å². The van der Waals surface area contributed by atoms with Gasteiger partial charge in [-0.3, -0.25) is 4.79 Å². The third kappa shape index (κ3) is 6.57. The molecule has 2 fully saturated rings. The number of piperidine rings is 1. The fraction of sp³-hybridized carbons (Fsp3) is 0.857. The number of hydrogen-bond acceptors (Lipinski definition) is 3. The van der Waals surface area contributed by atoms with E-state index in [4.69, 9.17) is 4.74 Å². The summed E-state index contributed by atoms with van der Waals surface area (Å²) in [7, 11) is 0. The van der Waals surface area contributed by atoms with Gasteiger partial charge in [-0.2, -0.15) is 0 Å². The Morgan fingerprint density at radius 2 is 1.75 bits per heavy atom. The average molecular weight is 334 g/mol. The van der Waals surface area contributed by atoms with Gasteiger partial charge in [0.1, 0.15) is 5.78 Å². The first-order valence-electron chi connectivity index (χ1n) is 10.0. The Labute approximate surface area is 148 Å². The molecule has 1 aliphatic carbocycles. The lowest BCUT2D eigenvalue weighted by atomic mass is 9.79. The first-order chi connectivity index (χ1) is 11.7. The minimum atomic E-state index is 0.362. The van der Waals surface area contributed by atoms with Gasteiger partial charge in [0.25, 0.3) is 0 Å². The van der Waals surface area contributed by atoms with Crippen molar-refractivity contribution in [1.29, 1.82) is 0 Å². The van der Waals surface area contributed by atoms with Crippen LogP contribution in [-0.2, 0) is 9.53 Å². The van der Waals surface area contributed by atoms with Gasteiger partial charge in [-0.25, -0.2) is 0 Å². The van der Waals surface area contributed by atoms with Gasteiger partial charge in [0, 0.05) is 44.8 Å². The molecule has 0 atom stereocenters. The smallest absolute Gasteiger partial charge is 0.135 e. The summed E-state index contributed by atoms with van der Waals surface area (Å²) in [5, 5.41) is 0. The van der Waals surface area contributed by atoms with Crippen LogP contribution in [-0.4, -0.2) is 43.0 Å². The summed E-state index contributed by atoms with van der Waals surface area (Å²) in [6.45, 7) is 8.42. The molecule has 1 saturated carbocycles. The summed E-state index contributed by atoms with van der Waals surface area (Å²) in [6.07, 6.45) is 9.99. The van der Waals surface area contributed by atoms with Crippen LogP contribution in [0, 0.1) is 23.7 Å². The zero-order valence-corrected chi connectivity index (χ0v) is 15.7. The van der Waals surface area contributed by atoms with Crippen molar-refractivity contribution < 1.29 is 9.53 Å². The minimum Gasteiger partial charge on any atom is -0.377 e. The zero-order valence-electron chi connectivity index (χ0n) is 15.7. The standard InChI is InChI=1S/C21H35NO2/c1-3-5-6-7-16-24-20-12-14-22(15-13-20)17-18-8-10-19(11-9-18)21(23)4-2/h18-20H,3-4,7-17H2,1-2H3. The Balaban J connectivity index is 1.57. The van der Waals surface area contributed by atoms with E-state index < -0.39 is 0 Å². The number of nitrogens with zero attached hydrogens (tertiary/aromatic N) is 1. The van der Waals surface area contributed by atoms with Gasteiger partial charge in [-0.15, -0.1) is 11.8 Å². The number of hydrogen-bond donors (Lipinski definition) is 0. The van der Waals surface area contributed by atoms with Crippen molar-refractivity contribution in [2.24, 2.45) is 11.8 Å². The van der Waals surface area contributed by atoms with Gasteiger partial charge in [-0.05, 0) is 44.4 Å². The van der Waals surface area contributed by atoms with Gasteiger partial charge in [0.15, 0.2) is 0 Å². The molecule has 0 radical (unpaired) electrons. The van der Waals surface area contributed by atoms with E-state index in [0.717, 1.165) is 51.0 Å². The summed E-state index contributed by atoms with van der Waals surface area (Å²) >= 11 is 0. The number of ketones is 1. The van der Waals surface area contributed by atoms with Crippen LogP contribution in [0.2, 0.25) is 0 Å². The summed E-state index contributed by atoms with van der Waals surface area (Å²) in [5.74, 6) is 7.88. The Hall–Kier alpha value is -0.850. The van der Waals surface area contributed by atoms with E-state index in [1.54, 1.807) is 0 Å². The third-order valence-corrected chi connectivity index (χ3v) is 5.58. The van der Waals surface area contributed by atoms with Crippen LogP contribution in [0.15, 0.2) is 0 Å². The van der Waals surface area contributed by atoms with Crippen LogP contribution in [0.1, 0.15) is 71.6 Å². The number of rotatable bonds is 7. The van der Waals surface area contributed by atoms with Crippen LogP contribution >= 0.6 is 0 Å². The molecule has 1 saturated heterocycles. The normalized spacial score (nSPS) is 25.9. The van der Waals surface area contributed by atoms with Gasteiger partial charge >= 0.3 is 0 Å². The van der Waals surface area contributed by atoms with Gasteiger partial charge in [0.2, 0.25) is 0 Å². The van der Waals surface area contributed by atoms with E-state index >= 15 is 0 Å². The first kappa shape index (κ1) is 19.5. The Bertz CT molecular complexity index is 421. The second-order valence-corrected chi connectivity index (χ2v) is 7.37. The molecular weight excluding hydrogens is 298 g/mol. The van der Waals surface area contributed by atoms with Crippen molar-refractivity contribution in [3.05, 3.63) is 0 Å². The van der Waals surface area contributed by atoms with Crippen molar-refractivity contribution in [2.75, 3.05) is 26.2 Å². The van der Waals surface area contributed by atoms with Gasteiger partial charge in [0.05, 0.1) is 12.7 Å². The number of carbonyl (C=O) groups is 1. The number of likely N-dealkylation sites (tertiary alicyclic amines) is 1. The maximum Gasteiger partial charge on any atom is 0.135 e. The Morgan fingerprint density at radius 1 is 1.04 bits per heavy atom. The maximum atomic E-state index is 11.8. The van der Waals surface area contributed by atoms with Crippen LogP contribution in [0.3, 0.4) is 0 Å². The Morgan fingerprint density at radius 3 is 2.38 bits per heavy atom. The summed E-state index contributed by atoms with van der Waals surface area (Å²) in [4.78, 5) is 14.4. The highest BCUT2D eigenvalue weighted by Gasteiger charge is 2.27. The molecule has 0 aromatic carbocycles. The predicted octanol–water partition coefficient (Wildman–Crippen LogP) is 4.06. The SMILES string of the molecule is CCC#CCCOC1CCN(CC2CCC(C(=O)CC)CC2)CC1. The topological polar surface area (TPSA) is 29.5 Å². The molecule has 3 nitrogen and oxygen atoms in total. The molecule has 0 spiro atoms. The molecule has 1 heterocycles. The monoisotopic (exact) mass is 333 g/mol. The third-order valence-electron chi connectivity index (χ3n) is 5.58. The second-order valence-electron chi connectivity index (χ2n) is 7.37. The maximum absolute atomic E-state index is 11.8. The quantitative estimate of drug-likeness (QED) is 0.520. The van der Waals surface area contributed by atoms with E-state index in [2.05, 4.69) is 23.7 Å². The predicted molar refractivity (Wildman–Crippen MR) is 98.8 cm³/mol. The minimum absolute atomic E-state index is 0.362. The molecular formula is C21H35NO2. The molecule has 0 bridgehead atoms. The van der Waals surface area contributed by atoms with E-state index in [1.807, 2.05) is 6.92 Å². The highest BCUT2D eigenvalue weighted by atomic mass is 16.5. The fourth-order valence-electron chi connectivity index (χ4n) is 4.07. The van der Waals surface area contributed by atoms with E-state index in [9.17, 15) is 4.79 Å².